The lowest BCUT2D eigenvalue weighted by Crippen LogP contribution is -2.46. The average Bonchev–Trinajstić information content (AvgIpc) is 3.19. The number of aryl methyl sites for hydroxylation is 1. The highest BCUT2D eigenvalue weighted by Crippen LogP contribution is 2.24. The van der Waals surface area contributed by atoms with Crippen molar-refractivity contribution in [2.75, 3.05) is 43.4 Å². The topological polar surface area (TPSA) is 48.1 Å². The first-order valence-electron chi connectivity index (χ1n) is 9.74. The molecule has 1 aromatic carbocycles. The number of rotatable bonds is 7. The van der Waals surface area contributed by atoms with Gasteiger partial charge in [-0.05, 0) is 50.3 Å². The molecule has 0 bridgehead atoms. The first kappa shape index (κ1) is 18.3. The van der Waals surface area contributed by atoms with Crippen molar-refractivity contribution in [3.8, 4) is 0 Å². The predicted molar refractivity (Wildman–Crippen MR) is 114 cm³/mol. The van der Waals surface area contributed by atoms with E-state index in [1.54, 1.807) is 6.33 Å². The monoisotopic (exact) mass is 381 g/mol. The van der Waals surface area contributed by atoms with Crippen molar-refractivity contribution in [2.24, 2.45) is 0 Å². The molecule has 0 aliphatic carbocycles. The molecule has 0 saturated carbocycles. The Morgan fingerprint density at radius 2 is 1.81 bits per heavy atom. The number of benzene rings is 1. The van der Waals surface area contributed by atoms with Crippen LogP contribution in [-0.4, -0.2) is 58.3 Å². The molecule has 0 amide bonds. The summed E-state index contributed by atoms with van der Waals surface area (Å²) >= 11 is 1.84. The highest BCUT2D eigenvalue weighted by molar-refractivity contribution is 7.99. The van der Waals surface area contributed by atoms with E-state index in [2.05, 4.69) is 62.0 Å². The van der Waals surface area contributed by atoms with Crippen LogP contribution in [0.25, 0.3) is 11.0 Å². The van der Waals surface area contributed by atoms with Crippen molar-refractivity contribution >= 4 is 28.5 Å². The lowest BCUT2D eigenvalue weighted by molar-refractivity contribution is 0.254. The fourth-order valence-electron chi connectivity index (χ4n) is 3.56. The van der Waals surface area contributed by atoms with Crippen LogP contribution >= 0.6 is 11.8 Å². The predicted octanol–water partition coefficient (Wildman–Crippen LogP) is 3.96. The largest absolute Gasteiger partial charge is 0.369 e. The first-order valence-corrected chi connectivity index (χ1v) is 10.7. The van der Waals surface area contributed by atoms with Gasteiger partial charge < -0.3 is 9.88 Å². The Balaban J connectivity index is 1.15. The Morgan fingerprint density at radius 1 is 1.00 bits per heavy atom. The van der Waals surface area contributed by atoms with Crippen molar-refractivity contribution in [3.63, 3.8) is 0 Å². The summed E-state index contributed by atoms with van der Waals surface area (Å²) in [5, 5.41) is 2.22. The normalized spacial score (nSPS) is 15.5. The number of aromatic nitrogens is 3. The highest BCUT2D eigenvalue weighted by Gasteiger charge is 2.16. The van der Waals surface area contributed by atoms with Gasteiger partial charge in [-0.1, -0.05) is 17.7 Å². The number of anilines is 1. The molecule has 3 aromatic rings. The van der Waals surface area contributed by atoms with E-state index < -0.39 is 0 Å². The third-order valence-corrected chi connectivity index (χ3v) is 6.29. The molecule has 4 rings (SSSR count). The van der Waals surface area contributed by atoms with Crippen LogP contribution in [0.4, 0.5) is 5.69 Å². The molecule has 3 heterocycles. The number of nitrogens with one attached hydrogen (secondary N) is 1. The zero-order valence-corrected chi connectivity index (χ0v) is 16.7. The van der Waals surface area contributed by atoms with Crippen molar-refractivity contribution in [3.05, 3.63) is 48.4 Å². The van der Waals surface area contributed by atoms with Gasteiger partial charge in [0.05, 0.1) is 5.39 Å². The Bertz CT molecular complexity index is 852. The number of hydrogen-bond acceptors (Lipinski definition) is 5. The molecule has 1 aliphatic rings. The Labute approximate surface area is 165 Å². The van der Waals surface area contributed by atoms with Crippen LogP contribution in [0.1, 0.15) is 18.4 Å². The van der Waals surface area contributed by atoms with Gasteiger partial charge in [-0.3, -0.25) is 4.90 Å². The third-order valence-electron chi connectivity index (χ3n) is 5.20. The van der Waals surface area contributed by atoms with Gasteiger partial charge in [-0.15, -0.1) is 11.8 Å². The molecular weight excluding hydrogens is 354 g/mol. The second kappa shape index (κ2) is 8.76. The zero-order valence-electron chi connectivity index (χ0n) is 15.9. The molecule has 0 radical (unpaired) electrons. The highest BCUT2D eigenvalue weighted by atomic mass is 32.2. The van der Waals surface area contributed by atoms with Crippen LogP contribution in [0.2, 0.25) is 0 Å². The lowest BCUT2D eigenvalue weighted by atomic mass is 10.2. The minimum atomic E-state index is 0.930. The molecule has 0 unspecified atom stereocenters. The number of piperazine rings is 1. The fourth-order valence-corrected chi connectivity index (χ4v) is 4.54. The van der Waals surface area contributed by atoms with Gasteiger partial charge >= 0.3 is 0 Å². The summed E-state index contributed by atoms with van der Waals surface area (Å²) in [4.78, 5) is 16.9. The van der Waals surface area contributed by atoms with E-state index in [0.717, 1.165) is 48.0 Å². The van der Waals surface area contributed by atoms with Crippen molar-refractivity contribution in [1.82, 2.24) is 19.9 Å². The summed E-state index contributed by atoms with van der Waals surface area (Å²) < 4.78 is 0. The quantitative estimate of drug-likeness (QED) is 0.381. The van der Waals surface area contributed by atoms with E-state index in [9.17, 15) is 0 Å². The van der Waals surface area contributed by atoms with E-state index >= 15 is 0 Å². The van der Waals surface area contributed by atoms with E-state index in [1.165, 1.54) is 30.6 Å². The van der Waals surface area contributed by atoms with Gasteiger partial charge in [0.15, 0.2) is 0 Å². The van der Waals surface area contributed by atoms with Gasteiger partial charge in [0.2, 0.25) is 0 Å². The maximum atomic E-state index is 4.43. The molecule has 1 aliphatic heterocycles. The van der Waals surface area contributed by atoms with Crippen molar-refractivity contribution < 1.29 is 0 Å². The molecule has 6 heteroatoms. The lowest BCUT2D eigenvalue weighted by Gasteiger charge is -2.36. The number of nitrogens with zero attached hydrogens (tertiary/aromatic N) is 4. The van der Waals surface area contributed by atoms with Gasteiger partial charge in [-0.2, -0.15) is 0 Å². The van der Waals surface area contributed by atoms with E-state index in [0.29, 0.717) is 0 Å². The van der Waals surface area contributed by atoms with Crippen LogP contribution < -0.4 is 4.90 Å². The van der Waals surface area contributed by atoms with E-state index in [1.807, 2.05) is 18.0 Å². The maximum Gasteiger partial charge on any atom is 0.141 e. The number of hydrogen-bond donors (Lipinski definition) is 1. The Kier molecular flexibility index (Phi) is 5.94. The molecule has 0 atom stereocenters. The minimum Gasteiger partial charge on any atom is -0.369 e. The standard InChI is InChI=1S/C21H27N5S/c1-17-4-6-18(7-5-17)26-13-11-25(12-14-26)10-2-3-15-27-21-19-8-9-22-20(19)23-16-24-21/h4-9,16H,2-3,10-15H2,1H3,(H,22,23,24). The zero-order chi connectivity index (χ0) is 18.5. The number of aromatic amines is 1. The minimum absolute atomic E-state index is 0.930. The van der Waals surface area contributed by atoms with Crippen molar-refractivity contribution in [2.45, 2.75) is 24.8 Å². The summed E-state index contributed by atoms with van der Waals surface area (Å²) in [7, 11) is 0. The molecular formula is C21H27N5S. The molecule has 1 fully saturated rings. The number of unbranched alkanes of at least 4 members (excludes halogenated alkanes) is 1. The summed E-state index contributed by atoms with van der Waals surface area (Å²) in [5.41, 5.74) is 3.62. The molecule has 142 valence electrons. The van der Waals surface area contributed by atoms with E-state index in [4.69, 9.17) is 0 Å². The maximum absolute atomic E-state index is 4.43. The van der Waals surface area contributed by atoms with Crippen LogP contribution in [0, 0.1) is 6.92 Å². The van der Waals surface area contributed by atoms with Crippen LogP contribution in [0.5, 0.6) is 0 Å². The summed E-state index contributed by atoms with van der Waals surface area (Å²) in [5.74, 6) is 1.11. The summed E-state index contributed by atoms with van der Waals surface area (Å²) in [6.45, 7) is 7.93. The molecule has 27 heavy (non-hydrogen) atoms. The summed E-state index contributed by atoms with van der Waals surface area (Å²) in [6.07, 6.45) is 6.05. The Hall–Kier alpha value is -2.05. The van der Waals surface area contributed by atoms with Crippen molar-refractivity contribution in [1.29, 1.82) is 0 Å². The number of H-pyrrole nitrogens is 1. The molecule has 1 N–H and O–H groups in total. The summed E-state index contributed by atoms with van der Waals surface area (Å²) in [6, 6.07) is 11.0. The van der Waals surface area contributed by atoms with Gasteiger partial charge in [0.1, 0.15) is 17.0 Å². The Morgan fingerprint density at radius 3 is 2.63 bits per heavy atom. The molecule has 1 saturated heterocycles. The van der Waals surface area contributed by atoms with Crippen LogP contribution in [0.3, 0.4) is 0 Å². The third kappa shape index (κ3) is 4.62. The molecule has 5 nitrogen and oxygen atoms in total. The van der Waals surface area contributed by atoms with Gasteiger partial charge in [-0.25, -0.2) is 9.97 Å². The number of thioether (sulfide) groups is 1. The van der Waals surface area contributed by atoms with Crippen LogP contribution in [-0.2, 0) is 0 Å². The fraction of sp³-hybridized carbons (Fsp3) is 0.429. The average molecular weight is 382 g/mol. The molecule has 2 aromatic heterocycles. The first-order chi connectivity index (χ1) is 13.3. The van der Waals surface area contributed by atoms with Gasteiger partial charge in [0.25, 0.3) is 0 Å². The van der Waals surface area contributed by atoms with E-state index in [-0.39, 0.29) is 0 Å². The SMILES string of the molecule is Cc1ccc(N2CCN(CCCCSc3ncnc4[nH]ccc34)CC2)cc1. The molecule has 0 spiro atoms. The second-order valence-electron chi connectivity index (χ2n) is 7.14. The van der Waals surface area contributed by atoms with Crippen LogP contribution in [0.15, 0.2) is 47.9 Å². The van der Waals surface area contributed by atoms with Gasteiger partial charge in [0, 0.05) is 38.1 Å². The smallest absolute Gasteiger partial charge is 0.141 e. The number of fused-ring (bicyclic) bond motifs is 1. The second-order valence-corrected chi connectivity index (χ2v) is 8.22.